The zero-order valence-electron chi connectivity index (χ0n) is 15.7. The molecule has 2 heterocycles. The average Bonchev–Trinajstić information content (AvgIpc) is 2.98. The highest BCUT2D eigenvalue weighted by Gasteiger charge is 2.24. The van der Waals surface area contributed by atoms with Gasteiger partial charge in [-0.05, 0) is 55.2 Å². The Morgan fingerprint density at radius 3 is 2.54 bits per heavy atom. The van der Waals surface area contributed by atoms with Gasteiger partial charge in [-0.25, -0.2) is 4.68 Å². The lowest BCUT2D eigenvalue weighted by Gasteiger charge is -2.13. The van der Waals surface area contributed by atoms with E-state index in [-0.39, 0.29) is 11.8 Å². The van der Waals surface area contributed by atoms with Crippen LogP contribution in [0.3, 0.4) is 0 Å². The van der Waals surface area contributed by atoms with Crippen molar-refractivity contribution in [3.05, 3.63) is 76.9 Å². The van der Waals surface area contributed by atoms with Crippen LogP contribution in [-0.2, 0) is 6.54 Å². The third-order valence-corrected chi connectivity index (χ3v) is 4.32. The highest BCUT2D eigenvalue weighted by molar-refractivity contribution is 5.96. The normalized spacial score (nSPS) is 11.0. The van der Waals surface area contributed by atoms with Crippen LogP contribution >= 0.6 is 0 Å². The number of aromatic nitrogens is 3. The zero-order chi connectivity index (χ0) is 18.7. The lowest BCUT2D eigenvalue weighted by atomic mass is 10.0. The highest BCUT2D eigenvalue weighted by Crippen LogP contribution is 2.26. The van der Waals surface area contributed by atoms with Gasteiger partial charge in [-0.2, -0.15) is 5.10 Å². The van der Waals surface area contributed by atoms with Crippen LogP contribution in [0.5, 0.6) is 0 Å². The quantitative estimate of drug-likeness (QED) is 0.760. The van der Waals surface area contributed by atoms with Gasteiger partial charge in [0.1, 0.15) is 0 Å². The number of carbonyl (C=O) groups excluding carboxylic acids is 1. The predicted octanol–water partition coefficient (Wildman–Crippen LogP) is 3.94. The molecule has 134 valence electrons. The van der Waals surface area contributed by atoms with Crippen molar-refractivity contribution in [3.63, 3.8) is 0 Å². The van der Waals surface area contributed by atoms with Gasteiger partial charge in [0.25, 0.3) is 5.91 Å². The van der Waals surface area contributed by atoms with Crippen LogP contribution in [0.15, 0.2) is 48.8 Å². The smallest absolute Gasteiger partial charge is 0.255 e. The third-order valence-electron chi connectivity index (χ3n) is 4.32. The fraction of sp³-hybridized carbons (Fsp3) is 0.286. The molecule has 0 fully saturated rings. The molecule has 2 aromatic heterocycles. The van der Waals surface area contributed by atoms with E-state index in [0.717, 1.165) is 28.2 Å². The van der Waals surface area contributed by atoms with Crippen molar-refractivity contribution in [2.24, 2.45) is 0 Å². The minimum atomic E-state index is -0.0954. The van der Waals surface area contributed by atoms with Crippen LogP contribution in [0, 0.1) is 13.8 Å². The van der Waals surface area contributed by atoms with E-state index in [1.165, 1.54) is 0 Å². The van der Waals surface area contributed by atoms with Gasteiger partial charge in [0.15, 0.2) is 0 Å². The molecular weight excluding hydrogens is 324 g/mol. The van der Waals surface area contributed by atoms with E-state index in [2.05, 4.69) is 48.3 Å². The van der Waals surface area contributed by atoms with Crippen molar-refractivity contribution in [2.45, 2.75) is 40.2 Å². The molecule has 3 rings (SSSR count). The number of carbonyl (C=O) groups is 1. The maximum atomic E-state index is 12.9. The van der Waals surface area contributed by atoms with E-state index < -0.39 is 0 Å². The Morgan fingerprint density at radius 2 is 1.88 bits per heavy atom. The molecule has 26 heavy (non-hydrogen) atoms. The van der Waals surface area contributed by atoms with E-state index in [1.807, 2.05) is 35.9 Å². The minimum absolute atomic E-state index is 0.0954. The second-order valence-corrected chi connectivity index (χ2v) is 6.79. The first-order valence-electron chi connectivity index (χ1n) is 8.81. The van der Waals surface area contributed by atoms with E-state index in [1.54, 1.807) is 12.4 Å². The van der Waals surface area contributed by atoms with Crippen molar-refractivity contribution in [1.82, 2.24) is 20.1 Å². The van der Waals surface area contributed by atoms with Crippen LogP contribution in [-0.4, -0.2) is 20.7 Å². The van der Waals surface area contributed by atoms with Gasteiger partial charge < -0.3 is 5.32 Å². The summed E-state index contributed by atoms with van der Waals surface area (Å²) in [5, 5.41) is 7.67. The monoisotopic (exact) mass is 348 g/mol. The summed E-state index contributed by atoms with van der Waals surface area (Å²) in [6, 6.07) is 12.0. The summed E-state index contributed by atoms with van der Waals surface area (Å²) in [5.74, 6) is 0.0697. The number of hydrogen-bond acceptors (Lipinski definition) is 3. The van der Waals surface area contributed by atoms with Crippen LogP contribution in [0.1, 0.15) is 52.6 Å². The minimum Gasteiger partial charge on any atom is -0.348 e. The van der Waals surface area contributed by atoms with Crippen LogP contribution in [0.2, 0.25) is 0 Å². The number of nitrogens with zero attached hydrogens (tertiary/aromatic N) is 3. The third kappa shape index (κ3) is 3.67. The molecule has 0 spiro atoms. The molecule has 0 aliphatic rings. The molecular formula is C21H24N4O. The number of amides is 1. The topological polar surface area (TPSA) is 59.8 Å². The van der Waals surface area contributed by atoms with Crippen molar-refractivity contribution >= 4 is 5.91 Å². The van der Waals surface area contributed by atoms with Crippen LogP contribution in [0.4, 0.5) is 0 Å². The molecule has 0 saturated carbocycles. The lowest BCUT2D eigenvalue weighted by molar-refractivity contribution is 0.0949. The summed E-state index contributed by atoms with van der Waals surface area (Å²) in [6.45, 7) is 8.58. The molecule has 1 amide bonds. The number of benzene rings is 1. The zero-order valence-corrected chi connectivity index (χ0v) is 15.7. The molecule has 5 heteroatoms. The Bertz CT molecular complexity index is 913. The maximum absolute atomic E-state index is 12.9. The van der Waals surface area contributed by atoms with Gasteiger partial charge in [-0.15, -0.1) is 0 Å². The van der Waals surface area contributed by atoms with Gasteiger partial charge in [-0.1, -0.05) is 26.0 Å². The first-order chi connectivity index (χ1) is 12.5. The Balaban J connectivity index is 1.95. The van der Waals surface area contributed by atoms with Crippen molar-refractivity contribution in [3.8, 4) is 5.69 Å². The molecule has 1 aromatic carbocycles. The van der Waals surface area contributed by atoms with Gasteiger partial charge in [0.2, 0.25) is 0 Å². The Labute approximate surface area is 154 Å². The summed E-state index contributed by atoms with van der Waals surface area (Å²) >= 11 is 0. The lowest BCUT2D eigenvalue weighted by Crippen LogP contribution is -2.24. The SMILES string of the molecule is Cc1cccc(-n2nc(C)c(C(=O)NCc3ccncc3)c2C(C)C)c1. The fourth-order valence-corrected chi connectivity index (χ4v) is 3.09. The molecule has 0 aliphatic carbocycles. The van der Waals surface area contributed by atoms with Crippen molar-refractivity contribution in [2.75, 3.05) is 0 Å². The van der Waals surface area contributed by atoms with E-state index >= 15 is 0 Å². The average molecular weight is 348 g/mol. The Kier molecular flexibility index (Phi) is 5.16. The van der Waals surface area contributed by atoms with Gasteiger partial charge in [-0.3, -0.25) is 9.78 Å². The molecule has 0 atom stereocenters. The summed E-state index contributed by atoms with van der Waals surface area (Å²) in [4.78, 5) is 16.9. The number of rotatable bonds is 5. The largest absolute Gasteiger partial charge is 0.348 e. The predicted molar refractivity (Wildman–Crippen MR) is 103 cm³/mol. The first kappa shape index (κ1) is 17.9. The van der Waals surface area contributed by atoms with Gasteiger partial charge in [0.05, 0.1) is 22.6 Å². The molecule has 0 unspecified atom stereocenters. The van der Waals surface area contributed by atoms with E-state index in [4.69, 9.17) is 0 Å². The Hall–Kier alpha value is -2.95. The molecule has 3 aromatic rings. The molecule has 5 nitrogen and oxygen atoms in total. The Morgan fingerprint density at radius 1 is 1.15 bits per heavy atom. The number of nitrogens with one attached hydrogen (secondary N) is 1. The standard InChI is InChI=1S/C21H24N4O/c1-14(2)20-19(21(26)23-13-17-8-10-22-11-9-17)16(4)24-25(20)18-7-5-6-15(3)12-18/h5-12,14H,13H2,1-4H3,(H,23,26). The van der Waals surface area contributed by atoms with E-state index in [0.29, 0.717) is 12.1 Å². The molecule has 1 N–H and O–H groups in total. The van der Waals surface area contributed by atoms with Crippen LogP contribution < -0.4 is 5.32 Å². The molecule has 0 saturated heterocycles. The fourth-order valence-electron chi connectivity index (χ4n) is 3.09. The second kappa shape index (κ2) is 7.52. The highest BCUT2D eigenvalue weighted by atomic mass is 16.1. The maximum Gasteiger partial charge on any atom is 0.255 e. The molecule has 0 aliphatic heterocycles. The second-order valence-electron chi connectivity index (χ2n) is 6.79. The van der Waals surface area contributed by atoms with Crippen LogP contribution in [0.25, 0.3) is 5.69 Å². The van der Waals surface area contributed by atoms with E-state index in [9.17, 15) is 4.79 Å². The van der Waals surface area contributed by atoms with Gasteiger partial charge >= 0.3 is 0 Å². The molecule has 0 radical (unpaired) electrons. The summed E-state index contributed by atoms with van der Waals surface area (Å²) in [5.41, 5.74) is 5.49. The number of aryl methyl sites for hydroxylation is 2. The first-order valence-corrected chi connectivity index (χ1v) is 8.81. The molecule has 0 bridgehead atoms. The summed E-state index contributed by atoms with van der Waals surface area (Å²) in [7, 11) is 0. The van der Waals surface area contributed by atoms with Crippen molar-refractivity contribution < 1.29 is 4.79 Å². The van der Waals surface area contributed by atoms with Crippen molar-refractivity contribution in [1.29, 1.82) is 0 Å². The number of hydrogen-bond donors (Lipinski definition) is 1. The summed E-state index contributed by atoms with van der Waals surface area (Å²) in [6.07, 6.45) is 3.45. The summed E-state index contributed by atoms with van der Waals surface area (Å²) < 4.78 is 1.90. The van der Waals surface area contributed by atoms with Gasteiger partial charge in [0, 0.05) is 18.9 Å². The number of pyridine rings is 1.